The maximum atomic E-state index is 11.0. The van der Waals surface area contributed by atoms with Gasteiger partial charge in [-0.15, -0.1) is 0 Å². The van der Waals surface area contributed by atoms with Crippen LogP contribution >= 0.6 is 0 Å². The van der Waals surface area contributed by atoms with E-state index in [4.69, 9.17) is 5.11 Å². The first-order valence-electron chi connectivity index (χ1n) is 4.17. The number of carboxylic acid groups (broad SMARTS) is 1. The fraction of sp³-hybridized carbons (Fsp3) is 0.444. The zero-order valence-electron chi connectivity index (χ0n) is 7.32. The van der Waals surface area contributed by atoms with E-state index in [-0.39, 0.29) is 0 Å². The fourth-order valence-corrected chi connectivity index (χ4v) is 1.75. The first-order chi connectivity index (χ1) is 6.14. The summed E-state index contributed by atoms with van der Waals surface area (Å²) >= 11 is 0. The van der Waals surface area contributed by atoms with Gasteiger partial charge in [0.05, 0.1) is 5.69 Å². The molecule has 4 nitrogen and oxygen atoms in total. The number of aromatic nitrogens is 2. The molecule has 0 bridgehead atoms. The highest BCUT2D eigenvalue weighted by Gasteiger charge is 2.42. The van der Waals surface area contributed by atoms with Crippen molar-refractivity contribution in [1.29, 1.82) is 0 Å². The van der Waals surface area contributed by atoms with Crippen LogP contribution in [0.5, 0.6) is 0 Å². The molecule has 1 N–H and O–H groups in total. The van der Waals surface area contributed by atoms with E-state index in [1.807, 2.05) is 0 Å². The Kier molecular flexibility index (Phi) is 1.58. The molecule has 2 rings (SSSR count). The second-order valence-corrected chi connectivity index (χ2v) is 3.53. The molecule has 1 unspecified atom stereocenters. The third-order valence-corrected chi connectivity index (χ3v) is 2.68. The highest BCUT2D eigenvalue weighted by Crippen LogP contribution is 2.36. The van der Waals surface area contributed by atoms with Crippen LogP contribution in [0.1, 0.15) is 24.6 Å². The molecule has 1 aromatic rings. The molecule has 1 aliphatic rings. The zero-order valence-corrected chi connectivity index (χ0v) is 7.32. The van der Waals surface area contributed by atoms with Crippen molar-refractivity contribution in [3.63, 3.8) is 0 Å². The minimum Gasteiger partial charge on any atom is -0.481 e. The van der Waals surface area contributed by atoms with Gasteiger partial charge >= 0.3 is 5.97 Å². The first-order valence-corrected chi connectivity index (χ1v) is 4.17. The highest BCUT2D eigenvalue weighted by atomic mass is 16.4. The Morgan fingerprint density at radius 1 is 1.69 bits per heavy atom. The summed E-state index contributed by atoms with van der Waals surface area (Å²) in [6.45, 7) is 1.72. The summed E-state index contributed by atoms with van der Waals surface area (Å²) in [4.78, 5) is 18.9. The van der Waals surface area contributed by atoms with Crippen molar-refractivity contribution in [3.05, 3.63) is 23.8 Å². The molecule has 0 amide bonds. The van der Waals surface area contributed by atoms with Crippen LogP contribution in [0.4, 0.5) is 0 Å². The van der Waals surface area contributed by atoms with Crippen molar-refractivity contribution in [3.8, 4) is 0 Å². The molecule has 0 aliphatic heterocycles. The predicted octanol–water partition coefficient (Wildman–Crippen LogP) is 0.765. The summed E-state index contributed by atoms with van der Waals surface area (Å²) < 4.78 is 0. The SMILES string of the molecule is CC1(C(=O)O)CCc2cncnc21. The van der Waals surface area contributed by atoms with Crippen molar-refractivity contribution in [1.82, 2.24) is 9.97 Å². The van der Waals surface area contributed by atoms with Crippen LogP contribution in [0.3, 0.4) is 0 Å². The average molecular weight is 178 g/mol. The number of carboxylic acids is 1. The van der Waals surface area contributed by atoms with Crippen molar-refractivity contribution >= 4 is 5.97 Å². The van der Waals surface area contributed by atoms with Gasteiger partial charge in [-0.25, -0.2) is 9.97 Å². The van der Waals surface area contributed by atoms with Gasteiger partial charge in [0.25, 0.3) is 0 Å². The monoisotopic (exact) mass is 178 g/mol. The van der Waals surface area contributed by atoms with Crippen molar-refractivity contribution in [2.24, 2.45) is 0 Å². The molecule has 4 heteroatoms. The third-order valence-electron chi connectivity index (χ3n) is 2.68. The van der Waals surface area contributed by atoms with Gasteiger partial charge in [-0.05, 0) is 25.3 Å². The fourth-order valence-electron chi connectivity index (χ4n) is 1.75. The van der Waals surface area contributed by atoms with Gasteiger partial charge in [-0.3, -0.25) is 4.79 Å². The molecule has 0 saturated heterocycles. The molecular weight excluding hydrogens is 168 g/mol. The number of aliphatic carboxylic acids is 1. The van der Waals surface area contributed by atoms with Gasteiger partial charge in [0.2, 0.25) is 0 Å². The normalized spacial score (nSPS) is 25.6. The lowest BCUT2D eigenvalue weighted by atomic mass is 9.88. The lowest BCUT2D eigenvalue weighted by Gasteiger charge is -2.17. The van der Waals surface area contributed by atoms with Crippen LogP contribution in [0.15, 0.2) is 12.5 Å². The van der Waals surface area contributed by atoms with Crippen LogP contribution < -0.4 is 0 Å². The van der Waals surface area contributed by atoms with Gasteiger partial charge < -0.3 is 5.11 Å². The number of rotatable bonds is 1. The smallest absolute Gasteiger partial charge is 0.315 e. The third kappa shape index (κ3) is 1.02. The largest absolute Gasteiger partial charge is 0.481 e. The number of hydrogen-bond acceptors (Lipinski definition) is 3. The van der Waals surface area contributed by atoms with Crippen LogP contribution in [-0.2, 0) is 16.6 Å². The van der Waals surface area contributed by atoms with Crippen molar-refractivity contribution < 1.29 is 9.90 Å². The number of aryl methyl sites for hydroxylation is 1. The molecule has 0 fully saturated rings. The van der Waals surface area contributed by atoms with E-state index >= 15 is 0 Å². The number of fused-ring (bicyclic) bond motifs is 1. The average Bonchev–Trinajstić information content (AvgIpc) is 2.47. The Morgan fingerprint density at radius 3 is 3.15 bits per heavy atom. The molecule has 0 aromatic carbocycles. The molecule has 1 aliphatic carbocycles. The van der Waals surface area contributed by atoms with Crippen molar-refractivity contribution in [2.45, 2.75) is 25.2 Å². The van der Waals surface area contributed by atoms with Crippen LogP contribution in [-0.4, -0.2) is 21.0 Å². The van der Waals surface area contributed by atoms with Gasteiger partial charge in [-0.1, -0.05) is 0 Å². The number of hydrogen-bond donors (Lipinski definition) is 1. The molecule has 13 heavy (non-hydrogen) atoms. The molecule has 0 spiro atoms. The van der Waals surface area contributed by atoms with Gasteiger partial charge in [-0.2, -0.15) is 0 Å². The number of carbonyl (C=O) groups is 1. The predicted molar refractivity (Wildman–Crippen MR) is 45.3 cm³/mol. The van der Waals surface area contributed by atoms with E-state index in [0.29, 0.717) is 12.1 Å². The number of nitrogens with zero attached hydrogens (tertiary/aromatic N) is 2. The Balaban J connectivity index is 2.55. The van der Waals surface area contributed by atoms with E-state index in [1.54, 1.807) is 13.1 Å². The van der Waals surface area contributed by atoms with E-state index < -0.39 is 11.4 Å². The van der Waals surface area contributed by atoms with Gasteiger partial charge in [0, 0.05) is 6.20 Å². The zero-order chi connectivity index (χ0) is 9.47. The van der Waals surface area contributed by atoms with E-state index in [0.717, 1.165) is 12.0 Å². The molecular formula is C9H10N2O2. The second kappa shape index (κ2) is 2.52. The standard InChI is InChI=1S/C9H10N2O2/c1-9(8(12)13)3-2-6-4-10-5-11-7(6)9/h4-5H,2-3H2,1H3,(H,12,13). The maximum absolute atomic E-state index is 11.0. The lowest BCUT2D eigenvalue weighted by Crippen LogP contribution is -2.30. The molecule has 0 radical (unpaired) electrons. The van der Waals surface area contributed by atoms with Crippen molar-refractivity contribution in [2.75, 3.05) is 0 Å². The summed E-state index contributed by atoms with van der Waals surface area (Å²) in [5, 5.41) is 9.06. The molecule has 1 atom stereocenters. The minimum atomic E-state index is -0.807. The Bertz CT molecular complexity index is 364. The highest BCUT2D eigenvalue weighted by molar-refractivity contribution is 5.81. The van der Waals surface area contributed by atoms with Gasteiger partial charge in [0.15, 0.2) is 0 Å². The second-order valence-electron chi connectivity index (χ2n) is 3.53. The summed E-state index contributed by atoms with van der Waals surface area (Å²) in [6.07, 6.45) is 4.50. The van der Waals surface area contributed by atoms with E-state index in [2.05, 4.69) is 9.97 Å². The molecule has 68 valence electrons. The first kappa shape index (κ1) is 8.16. The van der Waals surface area contributed by atoms with E-state index in [1.165, 1.54) is 6.33 Å². The van der Waals surface area contributed by atoms with Crippen LogP contribution in [0.25, 0.3) is 0 Å². The Morgan fingerprint density at radius 2 is 2.46 bits per heavy atom. The topological polar surface area (TPSA) is 63.1 Å². The van der Waals surface area contributed by atoms with E-state index in [9.17, 15) is 4.79 Å². The lowest BCUT2D eigenvalue weighted by molar-refractivity contribution is -0.143. The quantitative estimate of drug-likeness (QED) is 0.689. The van der Waals surface area contributed by atoms with Gasteiger partial charge in [0.1, 0.15) is 11.7 Å². The Labute approximate surface area is 75.6 Å². The summed E-state index contributed by atoms with van der Waals surface area (Å²) in [6, 6.07) is 0. The Hall–Kier alpha value is -1.45. The summed E-state index contributed by atoms with van der Waals surface area (Å²) in [5.41, 5.74) is 0.834. The molecule has 1 heterocycles. The van der Waals surface area contributed by atoms with Crippen LogP contribution in [0.2, 0.25) is 0 Å². The summed E-state index contributed by atoms with van der Waals surface area (Å²) in [5.74, 6) is -0.801. The molecule has 0 saturated carbocycles. The maximum Gasteiger partial charge on any atom is 0.315 e. The van der Waals surface area contributed by atoms with Crippen LogP contribution in [0, 0.1) is 0 Å². The summed E-state index contributed by atoms with van der Waals surface area (Å²) in [7, 11) is 0. The minimum absolute atomic E-state index is 0.621. The molecule has 1 aromatic heterocycles.